The molecule has 0 radical (unpaired) electrons. The third-order valence-electron chi connectivity index (χ3n) is 2.84. The van der Waals surface area contributed by atoms with Crippen LogP contribution in [-0.4, -0.2) is 39.6 Å². The van der Waals surface area contributed by atoms with Crippen LogP contribution in [0.15, 0.2) is 18.3 Å². The third-order valence-corrected chi connectivity index (χ3v) is 4.07. The standard InChI is InChI=1S/C14H23N3O2S/c1-3-4-11(8-20-9-12(15)14(18)19)17-13-7-10(2)5-6-16-13/h5-7,11-12H,3-4,8-9,15H2,1-2H3,(H,16,17)(H,18,19)/t11?,12-/m0/s1. The van der Waals surface area contributed by atoms with E-state index in [1.807, 2.05) is 19.1 Å². The lowest BCUT2D eigenvalue weighted by Crippen LogP contribution is -2.33. The Morgan fingerprint density at radius 3 is 2.90 bits per heavy atom. The molecule has 0 bridgehead atoms. The van der Waals surface area contributed by atoms with Crippen LogP contribution < -0.4 is 11.1 Å². The van der Waals surface area contributed by atoms with Crippen molar-refractivity contribution >= 4 is 23.5 Å². The van der Waals surface area contributed by atoms with Crippen LogP contribution in [0, 0.1) is 6.92 Å². The SMILES string of the molecule is CCCC(CSC[C@H](N)C(=O)O)Nc1cc(C)ccn1. The predicted octanol–water partition coefficient (Wildman–Crippen LogP) is 2.12. The highest BCUT2D eigenvalue weighted by Gasteiger charge is 2.14. The average Bonchev–Trinajstić information content (AvgIpc) is 2.38. The number of anilines is 1. The first kappa shape index (κ1) is 16.8. The first-order valence-electron chi connectivity index (χ1n) is 6.78. The zero-order chi connectivity index (χ0) is 15.0. The van der Waals surface area contributed by atoms with Crippen molar-refractivity contribution in [3.05, 3.63) is 23.9 Å². The van der Waals surface area contributed by atoms with Gasteiger partial charge in [-0.15, -0.1) is 0 Å². The van der Waals surface area contributed by atoms with Gasteiger partial charge in [-0.05, 0) is 31.0 Å². The number of carbonyl (C=O) groups is 1. The molecule has 2 atom stereocenters. The maximum absolute atomic E-state index is 10.7. The number of nitrogens with one attached hydrogen (secondary N) is 1. The molecular weight excluding hydrogens is 274 g/mol. The van der Waals surface area contributed by atoms with Crippen molar-refractivity contribution in [2.45, 2.75) is 38.8 Å². The van der Waals surface area contributed by atoms with Crippen molar-refractivity contribution in [2.24, 2.45) is 5.73 Å². The molecule has 112 valence electrons. The van der Waals surface area contributed by atoms with Crippen molar-refractivity contribution < 1.29 is 9.90 Å². The van der Waals surface area contributed by atoms with Gasteiger partial charge in [0, 0.05) is 23.7 Å². The quantitative estimate of drug-likeness (QED) is 0.647. The van der Waals surface area contributed by atoms with Gasteiger partial charge in [0.2, 0.25) is 0 Å². The Morgan fingerprint density at radius 2 is 2.30 bits per heavy atom. The normalized spacial score (nSPS) is 13.8. The largest absolute Gasteiger partial charge is 0.480 e. The molecule has 4 N–H and O–H groups in total. The zero-order valence-corrected chi connectivity index (χ0v) is 12.8. The summed E-state index contributed by atoms with van der Waals surface area (Å²) in [5.74, 6) is 1.17. The van der Waals surface area contributed by atoms with Crippen LogP contribution in [0.2, 0.25) is 0 Å². The number of aromatic nitrogens is 1. The molecule has 0 amide bonds. The summed E-state index contributed by atoms with van der Waals surface area (Å²) in [6.07, 6.45) is 3.87. The number of thioether (sulfide) groups is 1. The number of nitrogens with two attached hydrogens (primary N) is 1. The number of aryl methyl sites for hydroxylation is 1. The second kappa shape index (κ2) is 8.81. The summed E-state index contributed by atoms with van der Waals surface area (Å²) in [5.41, 5.74) is 6.66. The van der Waals surface area contributed by atoms with Gasteiger partial charge in [0.25, 0.3) is 0 Å². The van der Waals surface area contributed by atoms with E-state index in [1.54, 1.807) is 18.0 Å². The van der Waals surface area contributed by atoms with E-state index in [4.69, 9.17) is 10.8 Å². The van der Waals surface area contributed by atoms with Gasteiger partial charge in [-0.3, -0.25) is 4.79 Å². The number of hydrogen-bond donors (Lipinski definition) is 3. The molecule has 0 aliphatic heterocycles. The minimum Gasteiger partial charge on any atom is -0.480 e. The maximum Gasteiger partial charge on any atom is 0.321 e. The molecule has 0 aromatic carbocycles. The summed E-state index contributed by atoms with van der Waals surface area (Å²) in [4.78, 5) is 15.0. The summed E-state index contributed by atoms with van der Waals surface area (Å²) in [6, 6.07) is 3.45. The van der Waals surface area contributed by atoms with Gasteiger partial charge in [-0.2, -0.15) is 11.8 Å². The van der Waals surface area contributed by atoms with Crippen LogP contribution in [0.5, 0.6) is 0 Å². The van der Waals surface area contributed by atoms with Crippen LogP contribution >= 0.6 is 11.8 Å². The Bertz CT molecular complexity index is 429. The van der Waals surface area contributed by atoms with E-state index < -0.39 is 12.0 Å². The van der Waals surface area contributed by atoms with Gasteiger partial charge in [-0.1, -0.05) is 13.3 Å². The lowest BCUT2D eigenvalue weighted by molar-refractivity contribution is -0.137. The number of carboxylic acids is 1. The van der Waals surface area contributed by atoms with Gasteiger partial charge in [-0.25, -0.2) is 4.98 Å². The fourth-order valence-electron chi connectivity index (χ4n) is 1.78. The van der Waals surface area contributed by atoms with Crippen LogP contribution in [0.1, 0.15) is 25.3 Å². The van der Waals surface area contributed by atoms with Gasteiger partial charge in [0.05, 0.1) is 0 Å². The Balaban J connectivity index is 2.46. The van der Waals surface area contributed by atoms with Crippen LogP contribution in [-0.2, 0) is 4.79 Å². The summed E-state index contributed by atoms with van der Waals surface area (Å²) in [7, 11) is 0. The van der Waals surface area contributed by atoms with E-state index in [0.717, 1.165) is 24.4 Å². The van der Waals surface area contributed by atoms with E-state index >= 15 is 0 Å². The summed E-state index contributed by atoms with van der Waals surface area (Å²) >= 11 is 1.57. The van der Waals surface area contributed by atoms with E-state index in [0.29, 0.717) is 5.75 Å². The average molecular weight is 297 g/mol. The fourth-order valence-corrected chi connectivity index (χ4v) is 2.85. The van der Waals surface area contributed by atoms with E-state index in [9.17, 15) is 4.79 Å². The van der Waals surface area contributed by atoms with Crippen molar-refractivity contribution in [1.82, 2.24) is 4.98 Å². The van der Waals surface area contributed by atoms with E-state index in [2.05, 4.69) is 17.2 Å². The number of pyridine rings is 1. The first-order chi connectivity index (χ1) is 9.52. The first-order valence-corrected chi connectivity index (χ1v) is 7.93. The molecule has 0 saturated heterocycles. The Morgan fingerprint density at radius 1 is 1.55 bits per heavy atom. The summed E-state index contributed by atoms with van der Waals surface area (Å²) < 4.78 is 0. The molecule has 0 aliphatic rings. The molecule has 5 nitrogen and oxygen atoms in total. The van der Waals surface area contributed by atoms with Crippen molar-refractivity contribution in [2.75, 3.05) is 16.8 Å². The number of rotatable bonds is 9. The summed E-state index contributed by atoms with van der Waals surface area (Å²) in [5, 5.41) is 12.2. The molecule has 0 spiro atoms. The Labute approximate surface area is 124 Å². The number of hydrogen-bond acceptors (Lipinski definition) is 5. The number of carboxylic acid groups (broad SMARTS) is 1. The van der Waals surface area contributed by atoms with E-state index in [1.165, 1.54) is 5.56 Å². The Hall–Kier alpha value is -1.27. The molecular formula is C14H23N3O2S. The maximum atomic E-state index is 10.7. The second-order valence-corrected chi connectivity index (χ2v) is 5.91. The summed E-state index contributed by atoms with van der Waals surface area (Å²) in [6.45, 7) is 4.16. The zero-order valence-electron chi connectivity index (χ0n) is 12.0. The van der Waals surface area contributed by atoms with Gasteiger partial charge in [0.1, 0.15) is 11.9 Å². The molecule has 6 heteroatoms. The topological polar surface area (TPSA) is 88.2 Å². The highest BCUT2D eigenvalue weighted by atomic mass is 32.2. The Kier molecular flexibility index (Phi) is 7.40. The second-order valence-electron chi connectivity index (χ2n) is 4.83. The molecule has 0 aliphatic carbocycles. The van der Waals surface area contributed by atoms with Crippen molar-refractivity contribution in [3.8, 4) is 0 Å². The lowest BCUT2D eigenvalue weighted by atomic mass is 10.2. The molecule has 1 aromatic heterocycles. The monoisotopic (exact) mass is 297 g/mol. The molecule has 1 heterocycles. The molecule has 0 saturated carbocycles. The minimum atomic E-state index is -0.946. The van der Waals surface area contributed by atoms with Gasteiger partial charge >= 0.3 is 5.97 Å². The lowest BCUT2D eigenvalue weighted by Gasteiger charge is -2.19. The molecule has 1 aromatic rings. The molecule has 0 fully saturated rings. The number of aliphatic carboxylic acids is 1. The minimum absolute atomic E-state index is 0.278. The van der Waals surface area contributed by atoms with Crippen LogP contribution in [0.3, 0.4) is 0 Å². The van der Waals surface area contributed by atoms with Gasteiger partial charge in [0.15, 0.2) is 0 Å². The highest BCUT2D eigenvalue weighted by molar-refractivity contribution is 7.99. The predicted molar refractivity (Wildman–Crippen MR) is 84.2 cm³/mol. The number of nitrogens with zero attached hydrogens (tertiary/aromatic N) is 1. The van der Waals surface area contributed by atoms with Crippen molar-refractivity contribution in [3.63, 3.8) is 0 Å². The molecule has 1 unspecified atom stereocenters. The third kappa shape index (κ3) is 6.25. The van der Waals surface area contributed by atoms with Crippen molar-refractivity contribution in [1.29, 1.82) is 0 Å². The smallest absolute Gasteiger partial charge is 0.321 e. The van der Waals surface area contributed by atoms with Crippen LogP contribution in [0.25, 0.3) is 0 Å². The van der Waals surface area contributed by atoms with Gasteiger partial charge < -0.3 is 16.2 Å². The highest BCUT2D eigenvalue weighted by Crippen LogP contribution is 2.14. The fraction of sp³-hybridized carbons (Fsp3) is 0.571. The van der Waals surface area contributed by atoms with Crippen LogP contribution in [0.4, 0.5) is 5.82 Å². The molecule has 1 rings (SSSR count). The van der Waals surface area contributed by atoms with E-state index in [-0.39, 0.29) is 6.04 Å². The molecule has 20 heavy (non-hydrogen) atoms.